The zero-order chi connectivity index (χ0) is 43.6. The highest BCUT2D eigenvalue weighted by molar-refractivity contribution is 6.74. The van der Waals surface area contributed by atoms with Gasteiger partial charge in [-0.15, -0.1) is 0 Å². The van der Waals surface area contributed by atoms with Crippen LogP contribution in [0.5, 0.6) is 0 Å². The van der Waals surface area contributed by atoms with Crippen LogP contribution in [0, 0.1) is 10.1 Å². The first kappa shape index (κ1) is 44.6. The highest BCUT2D eigenvalue weighted by Gasteiger charge is 2.57. The van der Waals surface area contributed by atoms with Crippen LogP contribution in [0.1, 0.15) is 64.2 Å². The van der Waals surface area contributed by atoms with Gasteiger partial charge in [0.15, 0.2) is 26.4 Å². The summed E-state index contributed by atoms with van der Waals surface area (Å²) in [6.45, 7) is 18.2. The molecule has 2 aliphatic heterocycles. The summed E-state index contributed by atoms with van der Waals surface area (Å²) in [6, 6.07) is 20.1. The van der Waals surface area contributed by atoms with Crippen molar-refractivity contribution in [1.82, 2.24) is 10.6 Å². The Hall–Kier alpha value is -4.97. The first-order valence-corrected chi connectivity index (χ1v) is 23.0. The van der Waals surface area contributed by atoms with Gasteiger partial charge in [-0.25, -0.2) is 9.59 Å². The SMILES string of the molecule is C=CCOC(=O)C(NC(=O)OCC1c2ccccc2-c2ccccc21)[C@@H](C)O[C@H]1O[C@H](CO[Si](C)(C)C(C)(C)c2ccc([N+](=O)[O-])cc2)[C@@H]2OC(C)(C)O[C@@H]2[C@H]1NC(C)=O. The van der Waals surface area contributed by atoms with Crippen molar-refractivity contribution in [1.29, 1.82) is 0 Å². The zero-order valence-electron chi connectivity index (χ0n) is 35.3. The van der Waals surface area contributed by atoms with Gasteiger partial charge in [0.05, 0.1) is 17.6 Å². The number of benzene rings is 3. The maximum atomic E-state index is 13.6. The van der Waals surface area contributed by atoms with E-state index in [2.05, 4.69) is 30.3 Å². The zero-order valence-corrected chi connectivity index (χ0v) is 36.3. The van der Waals surface area contributed by atoms with Crippen molar-refractivity contribution < 1.29 is 52.2 Å². The highest BCUT2D eigenvalue weighted by atomic mass is 28.4. The van der Waals surface area contributed by atoms with E-state index in [1.807, 2.05) is 62.4 Å². The maximum Gasteiger partial charge on any atom is 0.407 e. The normalized spacial score (nSPS) is 23.0. The van der Waals surface area contributed by atoms with E-state index < -0.39 is 78.9 Å². The Morgan fingerprint density at radius 3 is 2.13 bits per heavy atom. The lowest BCUT2D eigenvalue weighted by atomic mass is 9.96. The van der Waals surface area contributed by atoms with Crippen molar-refractivity contribution >= 4 is 32.0 Å². The Bertz CT molecular complexity index is 2030. The van der Waals surface area contributed by atoms with Gasteiger partial charge in [0.25, 0.3) is 5.69 Å². The molecule has 15 nitrogen and oxygen atoms in total. The molecular formula is C44H55N3O12Si. The standard InChI is InChI=1S/C44H55N3O12Si/c1-10-23-53-40(49)36(46-42(50)54-24-34-32-17-13-11-15-30(32)31-16-12-14-18-33(31)34)26(2)56-41-37(45-27(3)48)39-38(58-44(6,7)59-39)35(57-41)25-55-60(8,9)43(4,5)28-19-21-29(22-20-28)47(51)52/h10-22,26,34-39,41H,1,23-25H2,2-9H3,(H,45,48)(H,46,50)/t26-,35-,36?,37-,38+,39-,41+/m1/s1. The van der Waals surface area contributed by atoms with Gasteiger partial charge >= 0.3 is 12.1 Å². The van der Waals surface area contributed by atoms with Crippen molar-refractivity contribution in [2.45, 2.75) is 114 Å². The van der Waals surface area contributed by atoms with Crippen molar-refractivity contribution in [3.8, 4) is 11.1 Å². The van der Waals surface area contributed by atoms with Crippen LogP contribution in [-0.4, -0.2) is 99.6 Å². The number of carbonyl (C=O) groups is 3. The van der Waals surface area contributed by atoms with Crippen molar-refractivity contribution in [3.63, 3.8) is 0 Å². The highest BCUT2D eigenvalue weighted by Crippen LogP contribution is 2.45. The van der Waals surface area contributed by atoms with Gasteiger partial charge in [-0.2, -0.15) is 0 Å². The number of esters is 1. The summed E-state index contributed by atoms with van der Waals surface area (Å²) in [7, 11) is -2.69. The molecule has 3 aromatic carbocycles. The summed E-state index contributed by atoms with van der Waals surface area (Å²) in [4.78, 5) is 50.6. The van der Waals surface area contributed by atoms with Crippen LogP contribution in [0.3, 0.4) is 0 Å². The Balaban J connectivity index is 1.20. The van der Waals surface area contributed by atoms with E-state index in [0.29, 0.717) is 0 Å². The Morgan fingerprint density at radius 2 is 1.55 bits per heavy atom. The molecule has 2 saturated heterocycles. The summed E-state index contributed by atoms with van der Waals surface area (Å²) in [5.41, 5.74) is 5.08. The number of nitro groups is 1. The molecule has 2 amide bonds. The molecule has 2 fully saturated rings. The average molecular weight is 846 g/mol. The number of non-ortho nitro benzene ring substituents is 1. The number of fused-ring (bicyclic) bond motifs is 4. The molecule has 2 heterocycles. The quantitative estimate of drug-likeness (QED) is 0.0531. The Labute approximate surface area is 351 Å². The van der Waals surface area contributed by atoms with E-state index in [9.17, 15) is 24.5 Å². The summed E-state index contributed by atoms with van der Waals surface area (Å²) in [5.74, 6) is -2.47. The second kappa shape index (κ2) is 17.9. The van der Waals surface area contributed by atoms with Gasteiger partial charge in [0, 0.05) is 30.0 Å². The van der Waals surface area contributed by atoms with Gasteiger partial charge in [-0.1, -0.05) is 87.2 Å². The van der Waals surface area contributed by atoms with Crippen LogP contribution in [0.2, 0.25) is 13.1 Å². The fraction of sp³-hybridized carbons (Fsp3) is 0.477. The minimum atomic E-state index is -2.69. The number of rotatable bonds is 16. The van der Waals surface area contributed by atoms with Crippen LogP contribution in [0.4, 0.5) is 10.5 Å². The molecule has 1 aliphatic carbocycles. The number of ether oxygens (including phenoxy) is 6. The molecular weight excluding hydrogens is 791 g/mol. The molecule has 0 aromatic heterocycles. The van der Waals surface area contributed by atoms with Crippen LogP contribution >= 0.6 is 0 Å². The smallest absolute Gasteiger partial charge is 0.407 e. The molecule has 60 heavy (non-hydrogen) atoms. The monoisotopic (exact) mass is 845 g/mol. The lowest BCUT2D eigenvalue weighted by Gasteiger charge is -2.45. The van der Waals surface area contributed by atoms with Gasteiger partial charge in [-0.05, 0) is 61.7 Å². The number of nitro benzene ring substituents is 1. The Kier molecular flexibility index (Phi) is 13.3. The van der Waals surface area contributed by atoms with Crippen LogP contribution in [-0.2, 0) is 47.5 Å². The van der Waals surface area contributed by atoms with Crippen LogP contribution < -0.4 is 10.6 Å². The maximum absolute atomic E-state index is 13.6. The molecule has 0 spiro atoms. The molecule has 6 rings (SSSR count). The van der Waals surface area contributed by atoms with Gasteiger partial charge in [0.2, 0.25) is 5.91 Å². The lowest BCUT2D eigenvalue weighted by Crippen LogP contribution is -2.65. The second-order valence-electron chi connectivity index (χ2n) is 16.8. The fourth-order valence-electron chi connectivity index (χ4n) is 7.98. The molecule has 3 aliphatic rings. The third kappa shape index (κ3) is 9.48. The molecule has 3 aromatic rings. The van der Waals surface area contributed by atoms with E-state index in [1.54, 1.807) is 32.9 Å². The summed E-state index contributed by atoms with van der Waals surface area (Å²) in [5, 5.41) is 16.4. The minimum absolute atomic E-state index is 0.00346. The van der Waals surface area contributed by atoms with E-state index >= 15 is 0 Å². The number of hydrogen-bond acceptors (Lipinski definition) is 12. The molecule has 322 valence electrons. The lowest BCUT2D eigenvalue weighted by molar-refractivity contribution is -0.384. The predicted octanol–water partition coefficient (Wildman–Crippen LogP) is 6.42. The van der Waals surface area contributed by atoms with Gasteiger partial charge < -0.3 is 43.5 Å². The Morgan fingerprint density at radius 1 is 0.950 bits per heavy atom. The van der Waals surface area contributed by atoms with E-state index in [1.165, 1.54) is 25.1 Å². The fourth-order valence-corrected chi connectivity index (χ4v) is 9.79. The van der Waals surface area contributed by atoms with Gasteiger partial charge in [0.1, 0.15) is 37.6 Å². The molecule has 0 radical (unpaired) electrons. The average Bonchev–Trinajstić information content (AvgIpc) is 3.71. The molecule has 7 atom stereocenters. The minimum Gasteiger partial charge on any atom is -0.460 e. The molecule has 16 heteroatoms. The molecule has 0 bridgehead atoms. The van der Waals surface area contributed by atoms with Crippen molar-refractivity contribution in [2.75, 3.05) is 19.8 Å². The topological polar surface area (TPSA) is 183 Å². The van der Waals surface area contributed by atoms with Crippen molar-refractivity contribution in [3.05, 3.63) is 112 Å². The van der Waals surface area contributed by atoms with E-state index in [-0.39, 0.29) is 37.3 Å². The number of amides is 2. The van der Waals surface area contributed by atoms with E-state index in [4.69, 9.17) is 32.8 Å². The third-order valence-corrected chi connectivity index (χ3v) is 16.0. The number of nitrogens with zero attached hydrogens (tertiary/aromatic N) is 1. The van der Waals surface area contributed by atoms with Crippen LogP contribution in [0.25, 0.3) is 11.1 Å². The number of hydrogen-bond donors (Lipinski definition) is 2. The summed E-state index contributed by atoms with van der Waals surface area (Å²) in [6.07, 6.45) is -4.02. The molecule has 0 saturated carbocycles. The second-order valence-corrected chi connectivity index (χ2v) is 21.4. The van der Waals surface area contributed by atoms with Crippen LogP contribution in [0.15, 0.2) is 85.5 Å². The number of alkyl carbamates (subject to hydrolysis) is 1. The third-order valence-electron chi connectivity index (χ3n) is 11.8. The summed E-state index contributed by atoms with van der Waals surface area (Å²) >= 11 is 0. The van der Waals surface area contributed by atoms with Crippen molar-refractivity contribution in [2.24, 2.45) is 0 Å². The first-order chi connectivity index (χ1) is 28.3. The molecule has 1 unspecified atom stereocenters. The molecule has 2 N–H and O–H groups in total. The number of nitrogens with one attached hydrogen (secondary N) is 2. The largest absolute Gasteiger partial charge is 0.460 e. The first-order valence-electron chi connectivity index (χ1n) is 20.0. The summed E-state index contributed by atoms with van der Waals surface area (Å²) < 4.78 is 43.7. The number of carbonyl (C=O) groups excluding carboxylic acids is 3. The van der Waals surface area contributed by atoms with Gasteiger partial charge in [-0.3, -0.25) is 14.9 Å². The van der Waals surface area contributed by atoms with E-state index in [0.717, 1.165) is 27.8 Å². The predicted molar refractivity (Wildman–Crippen MR) is 223 cm³/mol.